The minimum atomic E-state index is -1.55. The molecule has 1 unspecified atom stereocenters. The number of amides is 1. The van der Waals surface area contributed by atoms with Crippen LogP contribution in [0.15, 0.2) is 43.0 Å². The maximum Gasteiger partial charge on any atom is 0.338 e. The molecule has 1 aromatic carbocycles. The van der Waals surface area contributed by atoms with Crippen molar-refractivity contribution in [2.75, 3.05) is 13.7 Å². The van der Waals surface area contributed by atoms with Crippen LogP contribution in [0.2, 0.25) is 0 Å². The van der Waals surface area contributed by atoms with Crippen molar-refractivity contribution in [2.24, 2.45) is 0 Å². The van der Waals surface area contributed by atoms with Crippen molar-refractivity contribution in [2.45, 2.75) is 62.1 Å². The summed E-state index contributed by atoms with van der Waals surface area (Å²) in [6.45, 7) is 5.01. The Bertz CT molecular complexity index is 787. The molecular formula is C22H29NO8. The normalized spacial score (nSPS) is 34.0. The molecule has 0 aliphatic carbocycles. The highest BCUT2D eigenvalue weighted by molar-refractivity contribution is 5.80. The van der Waals surface area contributed by atoms with Gasteiger partial charge in [-0.2, -0.15) is 0 Å². The summed E-state index contributed by atoms with van der Waals surface area (Å²) in [5, 5.41) is 24.5. The number of carbonyl (C=O) groups is 2. The van der Waals surface area contributed by atoms with Crippen molar-refractivity contribution in [1.82, 2.24) is 5.32 Å². The SMILES string of the molecule is C=CC[C@]1(C(=O)OC)C[C@H](O)[C@@H](NC(C)=O)[C@H]([C@H](O)[C@H]2COC(c3ccccc3)O2)O1. The Balaban J connectivity index is 1.85. The average Bonchev–Trinajstić information content (AvgIpc) is 3.25. The van der Waals surface area contributed by atoms with Crippen LogP contribution >= 0.6 is 0 Å². The number of nitrogens with one attached hydrogen (secondary N) is 1. The average molecular weight is 435 g/mol. The van der Waals surface area contributed by atoms with Crippen LogP contribution in [0, 0.1) is 0 Å². The predicted molar refractivity (Wildman–Crippen MR) is 109 cm³/mol. The first-order valence-corrected chi connectivity index (χ1v) is 10.1. The lowest BCUT2D eigenvalue weighted by atomic mass is 9.82. The molecule has 0 spiro atoms. The predicted octanol–water partition coefficient (Wildman–Crippen LogP) is 0.604. The highest BCUT2D eigenvalue weighted by Crippen LogP contribution is 2.37. The lowest BCUT2D eigenvalue weighted by Crippen LogP contribution is -2.67. The fourth-order valence-corrected chi connectivity index (χ4v) is 4.12. The van der Waals surface area contributed by atoms with Gasteiger partial charge >= 0.3 is 5.97 Å². The van der Waals surface area contributed by atoms with Gasteiger partial charge in [0.1, 0.15) is 18.3 Å². The highest BCUT2D eigenvalue weighted by Gasteiger charge is 2.55. The van der Waals surface area contributed by atoms with Crippen LogP contribution in [-0.2, 0) is 28.5 Å². The van der Waals surface area contributed by atoms with E-state index in [1.165, 1.54) is 20.1 Å². The maximum atomic E-state index is 12.5. The van der Waals surface area contributed by atoms with Gasteiger partial charge < -0.3 is 34.5 Å². The van der Waals surface area contributed by atoms with E-state index in [0.717, 1.165) is 5.56 Å². The van der Waals surface area contributed by atoms with Crippen molar-refractivity contribution >= 4 is 11.9 Å². The van der Waals surface area contributed by atoms with E-state index in [0.29, 0.717) is 0 Å². The minimum Gasteiger partial charge on any atom is -0.467 e. The monoisotopic (exact) mass is 435 g/mol. The topological polar surface area (TPSA) is 124 Å². The number of benzene rings is 1. The molecule has 9 nitrogen and oxygen atoms in total. The van der Waals surface area contributed by atoms with E-state index in [9.17, 15) is 19.8 Å². The number of hydrogen-bond donors (Lipinski definition) is 3. The second kappa shape index (κ2) is 9.88. The molecule has 7 atom stereocenters. The van der Waals surface area contributed by atoms with Gasteiger partial charge in [-0.25, -0.2) is 4.79 Å². The van der Waals surface area contributed by atoms with E-state index in [1.807, 2.05) is 30.3 Å². The standard InChI is InChI=1S/C22H29NO8/c1-4-10-22(21(27)28-3)11-15(25)17(23-13(2)24)19(31-22)18(26)16-12-29-20(30-16)14-8-6-5-7-9-14/h4-9,15-20,25-26H,1,10-12H2,2-3H3,(H,23,24)/t15-,16+,17+,18+,19+,20?,22+/m0/s1. The van der Waals surface area contributed by atoms with Crippen LogP contribution in [0.4, 0.5) is 0 Å². The van der Waals surface area contributed by atoms with E-state index >= 15 is 0 Å². The Morgan fingerprint density at radius 1 is 1.39 bits per heavy atom. The fourth-order valence-electron chi connectivity index (χ4n) is 4.12. The third kappa shape index (κ3) is 4.97. The third-order valence-electron chi connectivity index (χ3n) is 5.57. The highest BCUT2D eigenvalue weighted by atomic mass is 16.7. The Kier molecular flexibility index (Phi) is 7.45. The van der Waals surface area contributed by atoms with Gasteiger partial charge in [-0.05, 0) is 0 Å². The number of esters is 1. The fraction of sp³-hybridized carbons (Fsp3) is 0.545. The van der Waals surface area contributed by atoms with Gasteiger partial charge in [0.25, 0.3) is 0 Å². The number of hydrogen-bond acceptors (Lipinski definition) is 8. The molecule has 0 saturated carbocycles. The summed E-state index contributed by atoms with van der Waals surface area (Å²) >= 11 is 0. The van der Waals surface area contributed by atoms with Crippen molar-refractivity contribution in [3.8, 4) is 0 Å². The van der Waals surface area contributed by atoms with E-state index in [4.69, 9.17) is 18.9 Å². The van der Waals surface area contributed by atoms with Crippen molar-refractivity contribution < 1.29 is 38.7 Å². The van der Waals surface area contributed by atoms with E-state index in [-0.39, 0.29) is 19.4 Å². The Morgan fingerprint density at radius 2 is 2.10 bits per heavy atom. The molecule has 0 bridgehead atoms. The molecule has 2 aliphatic rings. The molecule has 1 aromatic rings. The number of methoxy groups -OCH3 is 1. The number of rotatable bonds is 7. The second-order valence-electron chi connectivity index (χ2n) is 7.80. The van der Waals surface area contributed by atoms with Crippen LogP contribution in [0.3, 0.4) is 0 Å². The minimum absolute atomic E-state index is 0.0570. The quantitative estimate of drug-likeness (QED) is 0.420. The summed E-state index contributed by atoms with van der Waals surface area (Å²) in [6, 6.07) is 8.28. The van der Waals surface area contributed by atoms with Crippen molar-refractivity contribution in [1.29, 1.82) is 0 Å². The Hall–Kier alpha value is -2.30. The first-order chi connectivity index (χ1) is 14.8. The van der Waals surface area contributed by atoms with Crippen LogP contribution < -0.4 is 5.32 Å². The van der Waals surface area contributed by atoms with Crippen molar-refractivity contribution in [3.63, 3.8) is 0 Å². The molecule has 3 rings (SSSR count). The van der Waals surface area contributed by atoms with E-state index in [1.54, 1.807) is 0 Å². The zero-order valence-corrected chi connectivity index (χ0v) is 17.6. The van der Waals surface area contributed by atoms with Crippen LogP contribution in [0.25, 0.3) is 0 Å². The number of ether oxygens (including phenoxy) is 4. The van der Waals surface area contributed by atoms with Gasteiger partial charge in [-0.3, -0.25) is 4.79 Å². The van der Waals surface area contributed by atoms with Gasteiger partial charge in [0.05, 0.1) is 25.9 Å². The van der Waals surface area contributed by atoms with Crippen molar-refractivity contribution in [3.05, 3.63) is 48.6 Å². The molecule has 0 aromatic heterocycles. The summed E-state index contributed by atoms with van der Waals surface area (Å²) in [7, 11) is 1.21. The maximum absolute atomic E-state index is 12.5. The van der Waals surface area contributed by atoms with Gasteiger partial charge in [-0.15, -0.1) is 6.58 Å². The molecule has 2 fully saturated rings. The first kappa shape index (κ1) is 23.4. The number of aliphatic hydroxyl groups is 2. The zero-order chi connectivity index (χ0) is 22.6. The summed E-state index contributed by atoms with van der Waals surface area (Å²) < 4.78 is 22.5. The van der Waals surface area contributed by atoms with E-state index in [2.05, 4.69) is 11.9 Å². The van der Waals surface area contributed by atoms with Gasteiger partial charge in [0.2, 0.25) is 5.91 Å². The summed E-state index contributed by atoms with van der Waals surface area (Å²) in [4.78, 5) is 24.3. The summed E-state index contributed by atoms with van der Waals surface area (Å²) in [5.74, 6) is -1.11. The van der Waals surface area contributed by atoms with Crippen LogP contribution in [0.1, 0.15) is 31.6 Å². The second-order valence-corrected chi connectivity index (χ2v) is 7.80. The molecule has 2 saturated heterocycles. The molecular weight excluding hydrogens is 406 g/mol. The molecule has 2 heterocycles. The molecule has 1 amide bonds. The summed E-state index contributed by atoms with van der Waals surface area (Å²) in [5.41, 5.74) is -0.759. The Labute approximate surface area is 180 Å². The first-order valence-electron chi connectivity index (χ1n) is 10.1. The smallest absolute Gasteiger partial charge is 0.338 e. The number of aliphatic hydroxyl groups excluding tert-OH is 2. The van der Waals surface area contributed by atoms with Gasteiger partial charge in [-0.1, -0.05) is 36.4 Å². The lowest BCUT2D eigenvalue weighted by Gasteiger charge is -2.47. The molecule has 9 heteroatoms. The lowest BCUT2D eigenvalue weighted by molar-refractivity contribution is -0.230. The number of carbonyl (C=O) groups excluding carboxylic acids is 2. The van der Waals surface area contributed by atoms with Crippen LogP contribution in [0.5, 0.6) is 0 Å². The molecule has 170 valence electrons. The summed E-state index contributed by atoms with van der Waals surface area (Å²) in [6.07, 6.45) is -3.72. The largest absolute Gasteiger partial charge is 0.467 e. The molecule has 0 radical (unpaired) electrons. The molecule has 3 N–H and O–H groups in total. The van der Waals surface area contributed by atoms with Gasteiger partial charge in [0, 0.05) is 25.3 Å². The van der Waals surface area contributed by atoms with E-state index < -0.39 is 54.2 Å². The molecule has 31 heavy (non-hydrogen) atoms. The third-order valence-corrected chi connectivity index (χ3v) is 5.57. The molecule has 2 aliphatic heterocycles. The van der Waals surface area contributed by atoms with Gasteiger partial charge in [0.15, 0.2) is 11.9 Å². The Morgan fingerprint density at radius 3 is 2.71 bits per heavy atom. The van der Waals surface area contributed by atoms with Crippen LogP contribution in [-0.4, -0.2) is 71.9 Å². The zero-order valence-electron chi connectivity index (χ0n) is 17.6.